The van der Waals surface area contributed by atoms with Gasteiger partial charge in [0.05, 0.1) is 0 Å². The molecular weight excluding hydrogens is 192 g/mol. The van der Waals surface area contributed by atoms with Crippen LogP contribution in [0.3, 0.4) is 0 Å². The predicted molar refractivity (Wildman–Crippen MR) is 69.2 cm³/mol. The van der Waals surface area contributed by atoms with E-state index in [1.54, 1.807) is 0 Å². The van der Waals surface area contributed by atoms with E-state index in [4.69, 9.17) is 0 Å². The summed E-state index contributed by atoms with van der Waals surface area (Å²) in [4.78, 5) is 0. The molecule has 0 atom stereocenters. The van der Waals surface area contributed by atoms with E-state index in [-0.39, 0.29) is 0 Å². The lowest BCUT2D eigenvalue weighted by atomic mass is 9.44. The van der Waals surface area contributed by atoms with Gasteiger partial charge < -0.3 is 0 Å². The molecule has 0 radical (unpaired) electrons. The first-order chi connectivity index (χ1) is 7.69. The third kappa shape index (κ3) is 1.49. The minimum atomic E-state index is 0.582. The normalized spacial score (nSPS) is 50.9. The lowest BCUT2D eigenvalue weighted by molar-refractivity contribution is -0.0623. The molecule has 0 aliphatic heterocycles. The molecule has 88 valence electrons. The summed E-state index contributed by atoms with van der Waals surface area (Å²) in [5, 5.41) is 0. The van der Waals surface area contributed by atoms with Crippen molar-refractivity contribution < 1.29 is 0 Å². The Morgan fingerprint density at radius 2 is 1.25 bits per heavy atom. The first-order valence-electron chi connectivity index (χ1n) is 6.97. The molecule has 0 nitrogen and oxygen atoms in total. The molecule has 0 spiro atoms. The lowest BCUT2D eigenvalue weighted by Crippen LogP contribution is -2.50. The zero-order valence-electron chi connectivity index (χ0n) is 10.7. The summed E-state index contributed by atoms with van der Waals surface area (Å²) < 4.78 is 0. The summed E-state index contributed by atoms with van der Waals surface area (Å²) in [6, 6.07) is 0. The van der Waals surface area contributed by atoms with Gasteiger partial charge in [-0.15, -0.1) is 0 Å². The summed E-state index contributed by atoms with van der Waals surface area (Å²) >= 11 is 0. The zero-order valence-corrected chi connectivity index (χ0v) is 10.7. The Morgan fingerprint density at radius 3 is 1.62 bits per heavy atom. The van der Waals surface area contributed by atoms with Gasteiger partial charge in [-0.05, 0) is 75.0 Å². The van der Waals surface area contributed by atoms with Crippen molar-refractivity contribution in [3.05, 3.63) is 24.3 Å². The second kappa shape index (κ2) is 3.48. The SMILES string of the molecule is CC=CC12CC3CC(C1)CC(C=CC)(C3)C2. The number of rotatable bonds is 2. The molecule has 0 aromatic rings. The molecule has 4 aliphatic carbocycles. The Morgan fingerprint density at radius 1 is 0.812 bits per heavy atom. The van der Waals surface area contributed by atoms with Crippen molar-refractivity contribution >= 4 is 0 Å². The molecule has 0 saturated heterocycles. The molecule has 4 aliphatic rings. The molecule has 16 heavy (non-hydrogen) atoms. The molecule has 4 saturated carbocycles. The molecule has 4 fully saturated rings. The Kier molecular flexibility index (Phi) is 2.31. The highest BCUT2D eigenvalue weighted by Crippen LogP contribution is 2.66. The molecule has 0 aromatic heterocycles. The molecule has 0 amide bonds. The van der Waals surface area contributed by atoms with Gasteiger partial charge in [0.25, 0.3) is 0 Å². The van der Waals surface area contributed by atoms with Gasteiger partial charge in [-0.25, -0.2) is 0 Å². The van der Waals surface area contributed by atoms with Gasteiger partial charge in [-0.1, -0.05) is 24.3 Å². The Balaban J connectivity index is 1.96. The predicted octanol–water partition coefficient (Wildman–Crippen LogP) is 4.73. The molecule has 0 heterocycles. The first-order valence-corrected chi connectivity index (χ1v) is 6.97. The minimum absolute atomic E-state index is 0.582. The summed E-state index contributed by atoms with van der Waals surface area (Å²) in [5.74, 6) is 2.04. The van der Waals surface area contributed by atoms with Crippen LogP contribution in [0.2, 0.25) is 0 Å². The van der Waals surface area contributed by atoms with Crippen LogP contribution in [0.1, 0.15) is 52.4 Å². The average molecular weight is 216 g/mol. The van der Waals surface area contributed by atoms with Crippen molar-refractivity contribution in [1.29, 1.82) is 0 Å². The fourth-order valence-electron chi connectivity index (χ4n) is 5.50. The van der Waals surface area contributed by atoms with E-state index in [2.05, 4.69) is 38.2 Å². The van der Waals surface area contributed by atoms with E-state index < -0.39 is 0 Å². The highest BCUT2D eigenvalue weighted by molar-refractivity contribution is 5.18. The molecule has 0 N–H and O–H groups in total. The monoisotopic (exact) mass is 216 g/mol. The third-order valence-electron chi connectivity index (χ3n) is 5.19. The fraction of sp³-hybridized carbons (Fsp3) is 0.750. The lowest BCUT2D eigenvalue weighted by Gasteiger charge is -2.61. The van der Waals surface area contributed by atoms with E-state index in [1.807, 2.05) is 0 Å². The molecule has 4 bridgehead atoms. The summed E-state index contributed by atoms with van der Waals surface area (Å²) in [6.07, 6.45) is 18.6. The number of hydrogen-bond acceptors (Lipinski definition) is 0. The van der Waals surface area contributed by atoms with Gasteiger partial charge >= 0.3 is 0 Å². The van der Waals surface area contributed by atoms with E-state index in [1.165, 1.54) is 38.5 Å². The van der Waals surface area contributed by atoms with Gasteiger partial charge in [0.1, 0.15) is 0 Å². The van der Waals surface area contributed by atoms with Crippen LogP contribution < -0.4 is 0 Å². The summed E-state index contributed by atoms with van der Waals surface area (Å²) in [5.41, 5.74) is 1.16. The van der Waals surface area contributed by atoms with Gasteiger partial charge in [0.2, 0.25) is 0 Å². The average Bonchev–Trinajstić information content (AvgIpc) is 2.14. The van der Waals surface area contributed by atoms with Crippen LogP contribution in [0.5, 0.6) is 0 Å². The summed E-state index contributed by atoms with van der Waals surface area (Å²) in [6.45, 7) is 4.39. The zero-order chi connectivity index (χ0) is 11.2. The standard InChI is InChI=1S/C16H24/c1-3-5-15-8-13-7-14(9-15)11-16(10-13,12-15)6-4-2/h3-6,13-14H,7-12H2,1-2H3. The van der Waals surface area contributed by atoms with Crippen molar-refractivity contribution in [3.8, 4) is 0 Å². The van der Waals surface area contributed by atoms with Crippen molar-refractivity contribution in [2.24, 2.45) is 22.7 Å². The van der Waals surface area contributed by atoms with Crippen LogP contribution in [0, 0.1) is 22.7 Å². The first kappa shape index (κ1) is 10.6. The number of allylic oxidation sites excluding steroid dienone is 4. The molecular formula is C16H24. The quantitative estimate of drug-likeness (QED) is 0.586. The maximum absolute atomic E-state index is 2.54. The fourth-order valence-corrected chi connectivity index (χ4v) is 5.50. The van der Waals surface area contributed by atoms with Crippen LogP contribution in [0.25, 0.3) is 0 Å². The molecule has 0 heteroatoms. The van der Waals surface area contributed by atoms with Crippen molar-refractivity contribution in [2.75, 3.05) is 0 Å². The molecule has 0 unspecified atom stereocenters. The van der Waals surface area contributed by atoms with Gasteiger partial charge in [0, 0.05) is 0 Å². The van der Waals surface area contributed by atoms with Crippen LogP contribution in [0.4, 0.5) is 0 Å². The van der Waals surface area contributed by atoms with Crippen LogP contribution >= 0.6 is 0 Å². The van der Waals surface area contributed by atoms with Crippen LogP contribution in [-0.2, 0) is 0 Å². The minimum Gasteiger partial charge on any atom is -0.0911 e. The maximum Gasteiger partial charge on any atom is -0.0105 e. The van der Waals surface area contributed by atoms with Gasteiger partial charge in [-0.2, -0.15) is 0 Å². The Bertz CT molecular complexity index is 290. The van der Waals surface area contributed by atoms with E-state index in [0.29, 0.717) is 10.8 Å². The van der Waals surface area contributed by atoms with E-state index in [0.717, 1.165) is 11.8 Å². The van der Waals surface area contributed by atoms with Crippen molar-refractivity contribution in [1.82, 2.24) is 0 Å². The largest absolute Gasteiger partial charge is 0.0911 e. The number of hydrogen-bond donors (Lipinski definition) is 0. The van der Waals surface area contributed by atoms with Crippen LogP contribution in [-0.4, -0.2) is 0 Å². The third-order valence-corrected chi connectivity index (χ3v) is 5.19. The van der Waals surface area contributed by atoms with E-state index >= 15 is 0 Å². The van der Waals surface area contributed by atoms with Gasteiger partial charge in [0.15, 0.2) is 0 Å². The van der Waals surface area contributed by atoms with E-state index in [9.17, 15) is 0 Å². The topological polar surface area (TPSA) is 0 Å². The highest BCUT2D eigenvalue weighted by atomic mass is 14.6. The molecule has 4 rings (SSSR count). The smallest absolute Gasteiger partial charge is 0.0105 e. The Labute approximate surface area is 99.8 Å². The van der Waals surface area contributed by atoms with Crippen LogP contribution in [0.15, 0.2) is 24.3 Å². The second-order valence-electron chi connectivity index (χ2n) is 6.69. The Hall–Kier alpha value is -0.520. The second-order valence-corrected chi connectivity index (χ2v) is 6.69. The summed E-state index contributed by atoms with van der Waals surface area (Å²) in [7, 11) is 0. The van der Waals surface area contributed by atoms with Gasteiger partial charge in [-0.3, -0.25) is 0 Å². The molecule has 0 aromatic carbocycles. The van der Waals surface area contributed by atoms with Crippen molar-refractivity contribution in [3.63, 3.8) is 0 Å². The highest BCUT2D eigenvalue weighted by Gasteiger charge is 2.55. The maximum atomic E-state index is 2.54. The van der Waals surface area contributed by atoms with Crippen molar-refractivity contribution in [2.45, 2.75) is 52.4 Å².